The molecule has 0 atom stereocenters. The lowest BCUT2D eigenvalue weighted by Gasteiger charge is -2.26. The van der Waals surface area contributed by atoms with Crippen molar-refractivity contribution < 1.29 is 14.3 Å². The van der Waals surface area contributed by atoms with E-state index in [-0.39, 0.29) is 11.9 Å². The normalized spacial score (nSPS) is 15.5. The molecule has 31 heavy (non-hydrogen) atoms. The molecule has 1 fully saturated rings. The predicted molar refractivity (Wildman–Crippen MR) is 124 cm³/mol. The molecular weight excluding hydrogens is 394 g/mol. The third kappa shape index (κ3) is 10.8. The molecule has 8 nitrogen and oxygen atoms in total. The number of benzene rings is 1. The molecule has 1 aromatic rings. The van der Waals surface area contributed by atoms with Crippen LogP contribution >= 0.6 is 0 Å². The van der Waals surface area contributed by atoms with E-state index in [4.69, 9.17) is 9.47 Å². The summed E-state index contributed by atoms with van der Waals surface area (Å²) in [6, 6.07) is 8.89. The van der Waals surface area contributed by atoms with Crippen LogP contribution in [0.5, 0.6) is 0 Å². The minimum absolute atomic E-state index is 0.154. The molecule has 0 bridgehead atoms. The van der Waals surface area contributed by atoms with Gasteiger partial charge < -0.3 is 19.7 Å². The monoisotopic (exact) mass is 429 g/mol. The van der Waals surface area contributed by atoms with Gasteiger partial charge in [-0.1, -0.05) is 37.6 Å². The van der Waals surface area contributed by atoms with Gasteiger partial charge in [0.1, 0.15) is 0 Å². The number of hydrogen-bond donors (Lipinski definition) is 1. The Balaban J connectivity index is 1.92. The van der Waals surface area contributed by atoms with Crippen molar-refractivity contribution in [3.63, 3.8) is 0 Å². The van der Waals surface area contributed by atoms with Crippen molar-refractivity contribution in [1.82, 2.24) is 15.1 Å². The highest BCUT2D eigenvalue weighted by molar-refractivity contribution is 5.83. The quantitative estimate of drug-likeness (QED) is 0.352. The average Bonchev–Trinajstić information content (AvgIpc) is 2.75. The lowest BCUT2D eigenvalue weighted by molar-refractivity contribution is -0.118. The fourth-order valence-corrected chi connectivity index (χ4v) is 2.99. The zero-order valence-corrected chi connectivity index (χ0v) is 18.9. The van der Waals surface area contributed by atoms with E-state index in [9.17, 15) is 4.79 Å². The molecule has 170 valence electrons. The van der Waals surface area contributed by atoms with Gasteiger partial charge in [0.25, 0.3) is 0 Å². The van der Waals surface area contributed by atoms with E-state index in [1.165, 1.54) is 30.5 Å². The maximum Gasteiger partial charge on any atom is 0.317 e. The molecule has 0 radical (unpaired) electrons. The van der Waals surface area contributed by atoms with E-state index in [0.717, 1.165) is 52.2 Å². The van der Waals surface area contributed by atoms with Crippen molar-refractivity contribution >= 4 is 18.3 Å². The molecule has 0 saturated carbocycles. The smallest absolute Gasteiger partial charge is 0.317 e. The lowest BCUT2D eigenvalue weighted by Crippen LogP contribution is -2.35. The van der Waals surface area contributed by atoms with Crippen LogP contribution in [0.3, 0.4) is 0 Å². The highest BCUT2D eigenvalue weighted by Crippen LogP contribution is 2.11. The first-order valence-electron chi connectivity index (χ1n) is 10.8. The Kier molecular flexibility index (Phi) is 11.3. The summed E-state index contributed by atoms with van der Waals surface area (Å²) in [6.07, 6.45) is 6.60. The number of carbonyl (C=O) groups excluding carboxylic acids is 1. The molecule has 1 aliphatic rings. The average molecular weight is 430 g/mol. The van der Waals surface area contributed by atoms with E-state index in [0.29, 0.717) is 6.61 Å². The maximum atomic E-state index is 10.9. The molecule has 0 aromatic heterocycles. The van der Waals surface area contributed by atoms with Crippen LogP contribution in [-0.4, -0.2) is 68.0 Å². The van der Waals surface area contributed by atoms with Gasteiger partial charge in [0.2, 0.25) is 5.91 Å². The summed E-state index contributed by atoms with van der Waals surface area (Å²) in [5, 5.41) is 2.55. The standard InChI is InChI=1S/C23H35N5O3/c1-4-5-13-31-23(25-10-9-24-20(2)29)26-19-27(3)17-21-7-6-8-22(16-21)18-28-11-14-30-15-12-28/h6-10,16,19H,4-5,11-15,17-18H2,1-3H3,(H,24,29)/b10-9+,25-23+,26-19+. The van der Waals surface area contributed by atoms with E-state index >= 15 is 0 Å². The zero-order chi connectivity index (χ0) is 22.3. The van der Waals surface area contributed by atoms with Crippen LogP contribution in [0, 0.1) is 0 Å². The number of nitrogens with one attached hydrogen (secondary N) is 1. The van der Waals surface area contributed by atoms with Gasteiger partial charge >= 0.3 is 6.02 Å². The summed E-state index contributed by atoms with van der Waals surface area (Å²) in [5.41, 5.74) is 2.52. The minimum Gasteiger partial charge on any atom is -0.463 e. The number of rotatable bonds is 10. The topological polar surface area (TPSA) is 78.8 Å². The van der Waals surface area contributed by atoms with Gasteiger partial charge in [-0.2, -0.15) is 4.99 Å². The summed E-state index contributed by atoms with van der Waals surface area (Å²) in [4.78, 5) is 23.9. The fourth-order valence-electron chi connectivity index (χ4n) is 2.99. The second-order valence-corrected chi connectivity index (χ2v) is 7.50. The number of morpholine rings is 1. The Morgan fingerprint density at radius 3 is 2.84 bits per heavy atom. The molecule has 1 aliphatic heterocycles. The van der Waals surface area contributed by atoms with Crippen molar-refractivity contribution in [2.75, 3.05) is 40.0 Å². The Hall–Kier alpha value is -2.71. The number of nitrogens with zero attached hydrogens (tertiary/aromatic N) is 4. The highest BCUT2D eigenvalue weighted by atomic mass is 16.5. The molecule has 0 aliphatic carbocycles. The molecule has 1 aromatic carbocycles. The largest absolute Gasteiger partial charge is 0.463 e. The Morgan fingerprint density at radius 2 is 2.10 bits per heavy atom. The Morgan fingerprint density at radius 1 is 1.32 bits per heavy atom. The molecule has 8 heteroatoms. The first-order valence-corrected chi connectivity index (χ1v) is 10.8. The first kappa shape index (κ1) is 24.6. The van der Waals surface area contributed by atoms with E-state index < -0.39 is 0 Å². The number of ether oxygens (including phenoxy) is 2. The summed E-state index contributed by atoms with van der Waals surface area (Å²) in [5.74, 6) is -0.154. The third-order valence-corrected chi connectivity index (χ3v) is 4.57. The summed E-state index contributed by atoms with van der Waals surface area (Å²) in [6.45, 7) is 9.33. The molecule has 0 unspecified atom stereocenters. The summed E-state index contributed by atoms with van der Waals surface area (Å²) < 4.78 is 11.1. The SMILES string of the molecule is CCCCOC(/N=C/N(C)Cc1cccc(CN2CCOCC2)c1)=N/C=C/NC(C)=O. The van der Waals surface area contributed by atoms with Crippen LogP contribution in [-0.2, 0) is 27.4 Å². The van der Waals surface area contributed by atoms with Crippen LogP contribution in [0.4, 0.5) is 0 Å². The third-order valence-electron chi connectivity index (χ3n) is 4.57. The first-order chi connectivity index (χ1) is 15.1. The molecule has 1 saturated heterocycles. The maximum absolute atomic E-state index is 10.9. The van der Waals surface area contributed by atoms with Crippen molar-refractivity contribution in [2.24, 2.45) is 9.98 Å². The highest BCUT2D eigenvalue weighted by Gasteiger charge is 2.11. The molecule has 1 amide bonds. The van der Waals surface area contributed by atoms with Gasteiger partial charge in [-0.05, 0) is 17.5 Å². The molecule has 0 spiro atoms. The van der Waals surface area contributed by atoms with Gasteiger partial charge in [0.05, 0.1) is 26.2 Å². The van der Waals surface area contributed by atoms with Crippen LogP contribution in [0.25, 0.3) is 0 Å². The van der Waals surface area contributed by atoms with Crippen LogP contribution < -0.4 is 5.32 Å². The zero-order valence-electron chi connectivity index (χ0n) is 18.9. The van der Waals surface area contributed by atoms with Gasteiger partial charge in [0.15, 0.2) is 0 Å². The molecule has 1 heterocycles. The Bertz CT molecular complexity index is 757. The fraction of sp³-hybridized carbons (Fsp3) is 0.522. The van der Waals surface area contributed by atoms with Crippen molar-refractivity contribution in [3.05, 3.63) is 47.8 Å². The van der Waals surface area contributed by atoms with E-state index in [2.05, 4.69) is 51.4 Å². The Labute approximate surface area is 185 Å². The molecule has 2 rings (SSSR count). The van der Waals surface area contributed by atoms with Crippen molar-refractivity contribution in [2.45, 2.75) is 39.8 Å². The van der Waals surface area contributed by atoms with Crippen LogP contribution in [0.1, 0.15) is 37.8 Å². The van der Waals surface area contributed by atoms with E-state index in [1.54, 1.807) is 6.34 Å². The number of amidine groups is 1. The number of aliphatic imine (C=N–C) groups is 2. The summed E-state index contributed by atoms with van der Waals surface area (Å²) in [7, 11) is 1.97. The van der Waals surface area contributed by atoms with Gasteiger partial charge in [-0.15, -0.1) is 0 Å². The van der Waals surface area contributed by atoms with Crippen molar-refractivity contribution in [1.29, 1.82) is 0 Å². The van der Waals surface area contributed by atoms with Crippen LogP contribution in [0.2, 0.25) is 0 Å². The van der Waals surface area contributed by atoms with Gasteiger partial charge in [-0.3, -0.25) is 9.69 Å². The summed E-state index contributed by atoms with van der Waals surface area (Å²) >= 11 is 0. The number of amides is 1. The number of hydrogen-bond acceptors (Lipinski definition) is 5. The van der Waals surface area contributed by atoms with Crippen molar-refractivity contribution in [3.8, 4) is 0 Å². The van der Waals surface area contributed by atoms with Gasteiger partial charge in [-0.25, -0.2) is 4.99 Å². The second kappa shape index (κ2) is 14.3. The van der Waals surface area contributed by atoms with Gasteiger partial charge in [0, 0.05) is 52.6 Å². The number of carbonyl (C=O) groups is 1. The van der Waals surface area contributed by atoms with Crippen LogP contribution in [0.15, 0.2) is 46.7 Å². The second-order valence-electron chi connectivity index (χ2n) is 7.50. The van der Waals surface area contributed by atoms with E-state index in [1.807, 2.05) is 11.9 Å². The number of unbranched alkanes of at least 4 members (excludes halogenated alkanes) is 1. The lowest BCUT2D eigenvalue weighted by atomic mass is 10.1. The molecular formula is C23H35N5O3. The minimum atomic E-state index is -0.154. The predicted octanol–water partition coefficient (Wildman–Crippen LogP) is 2.76. The molecule has 1 N–H and O–H groups in total.